The number of carbonyl (C=O) groups is 1. The molecule has 1 aromatic heterocycles. The second kappa shape index (κ2) is 7.31. The summed E-state index contributed by atoms with van der Waals surface area (Å²) in [5, 5.41) is 7.59. The van der Waals surface area contributed by atoms with Crippen LogP contribution >= 0.6 is 11.8 Å². The highest BCUT2D eigenvalue weighted by Gasteiger charge is 2.38. The zero-order chi connectivity index (χ0) is 15.3. The van der Waals surface area contributed by atoms with Crippen molar-refractivity contribution >= 4 is 17.7 Å². The van der Waals surface area contributed by atoms with Crippen LogP contribution in [0, 0.1) is 0 Å². The minimum absolute atomic E-state index is 0.144. The number of nitrogens with one attached hydrogen (secondary N) is 1. The average Bonchev–Trinajstić information content (AvgIpc) is 3.17. The van der Waals surface area contributed by atoms with Crippen molar-refractivity contribution in [3.63, 3.8) is 0 Å². The Morgan fingerprint density at radius 2 is 2.33 bits per heavy atom. The van der Waals surface area contributed by atoms with E-state index in [1.54, 1.807) is 0 Å². The van der Waals surface area contributed by atoms with Crippen LogP contribution in [0.25, 0.3) is 0 Å². The lowest BCUT2D eigenvalue weighted by Crippen LogP contribution is -2.51. The minimum Gasteiger partial charge on any atom is -0.468 e. The van der Waals surface area contributed by atoms with Gasteiger partial charge in [0.05, 0.1) is 13.3 Å². The fourth-order valence-electron chi connectivity index (χ4n) is 2.38. The largest absolute Gasteiger partial charge is 0.468 e. The van der Waals surface area contributed by atoms with Gasteiger partial charge in [-0.25, -0.2) is 0 Å². The fraction of sp³-hybridized carbons (Fsp3) is 0.733. The van der Waals surface area contributed by atoms with E-state index in [0.717, 1.165) is 25.0 Å². The summed E-state index contributed by atoms with van der Waals surface area (Å²) in [5.41, 5.74) is -0.533. The van der Waals surface area contributed by atoms with Crippen LogP contribution in [0.5, 0.6) is 0 Å². The van der Waals surface area contributed by atoms with Gasteiger partial charge in [-0.2, -0.15) is 5.10 Å². The Morgan fingerprint density at radius 3 is 2.90 bits per heavy atom. The highest BCUT2D eigenvalue weighted by Crippen LogP contribution is 2.26. The van der Waals surface area contributed by atoms with Crippen LogP contribution in [-0.4, -0.2) is 40.2 Å². The van der Waals surface area contributed by atoms with Crippen molar-refractivity contribution in [1.29, 1.82) is 0 Å². The number of aromatic nitrogens is 2. The molecule has 1 aliphatic carbocycles. The SMILES string of the molecule is COC(=O)C(C)(CCCCSc1cnn(C)c1)NC1CC1. The molecule has 0 radical (unpaired) electrons. The first-order valence-electron chi connectivity index (χ1n) is 7.51. The number of methoxy groups -OCH3 is 1. The highest BCUT2D eigenvalue weighted by atomic mass is 32.2. The van der Waals surface area contributed by atoms with Crippen molar-refractivity contribution < 1.29 is 9.53 Å². The molecule has 1 atom stereocenters. The number of hydrogen-bond acceptors (Lipinski definition) is 5. The predicted octanol–water partition coefficient (Wildman–Crippen LogP) is 2.37. The Labute approximate surface area is 130 Å². The maximum absolute atomic E-state index is 12.0. The van der Waals surface area contributed by atoms with E-state index in [1.165, 1.54) is 24.8 Å². The van der Waals surface area contributed by atoms with E-state index in [2.05, 4.69) is 10.4 Å². The molecule has 1 unspecified atom stereocenters. The summed E-state index contributed by atoms with van der Waals surface area (Å²) < 4.78 is 6.77. The van der Waals surface area contributed by atoms with E-state index in [0.29, 0.717) is 6.04 Å². The van der Waals surface area contributed by atoms with Gasteiger partial charge in [0.2, 0.25) is 0 Å². The van der Waals surface area contributed by atoms with Gasteiger partial charge >= 0.3 is 5.97 Å². The van der Waals surface area contributed by atoms with E-state index in [-0.39, 0.29) is 5.97 Å². The van der Waals surface area contributed by atoms with E-state index in [1.807, 2.05) is 42.8 Å². The molecule has 21 heavy (non-hydrogen) atoms. The molecule has 0 aromatic carbocycles. The maximum atomic E-state index is 12.0. The average molecular weight is 311 g/mol. The van der Waals surface area contributed by atoms with Gasteiger partial charge in [0.1, 0.15) is 5.54 Å². The molecular formula is C15H25N3O2S. The Morgan fingerprint density at radius 1 is 1.57 bits per heavy atom. The van der Waals surface area contributed by atoms with Crippen LogP contribution in [0.4, 0.5) is 0 Å². The van der Waals surface area contributed by atoms with Crippen molar-refractivity contribution in [2.45, 2.75) is 55.5 Å². The lowest BCUT2D eigenvalue weighted by atomic mass is 9.95. The number of hydrogen-bond donors (Lipinski definition) is 1. The molecule has 5 nitrogen and oxygen atoms in total. The van der Waals surface area contributed by atoms with Crippen molar-refractivity contribution in [3.05, 3.63) is 12.4 Å². The standard InChI is InChI=1S/C15H25N3O2S/c1-15(14(19)20-3,17-12-6-7-12)8-4-5-9-21-13-10-16-18(2)11-13/h10-12,17H,4-9H2,1-3H3. The van der Waals surface area contributed by atoms with Crippen LogP contribution in [0.1, 0.15) is 39.0 Å². The van der Waals surface area contributed by atoms with Crippen molar-refractivity contribution in [1.82, 2.24) is 15.1 Å². The number of nitrogens with zero attached hydrogens (tertiary/aromatic N) is 2. The Kier molecular flexibility index (Phi) is 5.70. The lowest BCUT2D eigenvalue weighted by Gasteiger charge is -2.28. The first-order valence-corrected chi connectivity index (χ1v) is 8.49. The number of unbranched alkanes of at least 4 members (excludes halogenated alkanes) is 1. The van der Waals surface area contributed by atoms with E-state index >= 15 is 0 Å². The predicted molar refractivity (Wildman–Crippen MR) is 84.4 cm³/mol. The lowest BCUT2D eigenvalue weighted by molar-refractivity contribution is -0.148. The van der Waals surface area contributed by atoms with E-state index in [4.69, 9.17) is 4.74 Å². The zero-order valence-corrected chi connectivity index (χ0v) is 13.9. The molecule has 1 saturated carbocycles. The first-order chi connectivity index (χ1) is 10.0. The number of thioether (sulfide) groups is 1. The van der Waals surface area contributed by atoms with Gasteiger partial charge in [0.15, 0.2) is 0 Å². The van der Waals surface area contributed by atoms with Gasteiger partial charge < -0.3 is 4.74 Å². The normalized spacial score (nSPS) is 17.5. The van der Waals surface area contributed by atoms with Crippen LogP contribution in [0.2, 0.25) is 0 Å². The van der Waals surface area contributed by atoms with Gasteiger partial charge in [-0.05, 0) is 38.4 Å². The molecule has 0 saturated heterocycles. The zero-order valence-electron chi connectivity index (χ0n) is 13.1. The molecule has 0 bridgehead atoms. The van der Waals surface area contributed by atoms with Crippen molar-refractivity contribution in [2.75, 3.05) is 12.9 Å². The molecular weight excluding hydrogens is 286 g/mol. The summed E-state index contributed by atoms with van der Waals surface area (Å²) in [5.74, 6) is 0.904. The third kappa shape index (κ3) is 5.04. The van der Waals surface area contributed by atoms with E-state index in [9.17, 15) is 4.79 Å². The Bertz CT molecular complexity index is 473. The molecule has 1 fully saturated rings. The number of aryl methyl sites for hydroxylation is 1. The quantitative estimate of drug-likeness (QED) is 0.431. The summed E-state index contributed by atoms with van der Waals surface area (Å²) in [6.45, 7) is 1.96. The van der Waals surface area contributed by atoms with Crippen LogP contribution in [0.15, 0.2) is 17.3 Å². The Hall–Kier alpha value is -1.01. The van der Waals surface area contributed by atoms with Gasteiger partial charge in [0, 0.05) is 24.2 Å². The van der Waals surface area contributed by atoms with Crippen LogP contribution in [-0.2, 0) is 16.6 Å². The third-order valence-electron chi connectivity index (χ3n) is 3.76. The molecule has 0 amide bonds. The molecule has 2 rings (SSSR count). The second-order valence-corrected chi connectivity index (χ2v) is 7.07. The van der Waals surface area contributed by atoms with Gasteiger partial charge in [-0.1, -0.05) is 6.42 Å². The Balaban J connectivity index is 1.70. The molecule has 1 aromatic rings. The number of rotatable bonds is 9. The fourth-order valence-corrected chi connectivity index (χ4v) is 3.31. The summed E-state index contributed by atoms with van der Waals surface area (Å²) in [6.07, 6.45) is 9.17. The third-order valence-corrected chi connectivity index (χ3v) is 4.79. The van der Waals surface area contributed by atoms with Gasteiger partial charge in [-0.15, -0.1) is 11.8 Å². The number of esters is 1. The van der Waals surface area contributed by atoms with Crippen molar-refractivity contribution in [3.8, 4) is 0 Å². The number of carbonyl (C=O) groups excluding carboxylic acids is 1. The van der Waals surface area contributed by atoms with Crippen molar-refractivity contribution in [2.24, 2.45) is 7.05 Å². The van der Waals surface area contributed by atoms with Crippen LogP contribution < -0.4 is 5.32 Å². The molecule has 1 aliphatic rings. The monoisotopic (exact) mass is 311 g/mol. The molecule has 1 N–H and O–H groups in total. The highest BCUT2D eigenvalue weighted by molar-refractivity contribution is 7.99. The summed E-state index contributed by atoms with van der Waals surface area (Å²) >= 11 is 1.81. The smallest absolute Gasteiger partial charge is 0.325 e. The summed E-state index contributed by atoms with van der Waals surface area (Å²) in [7, 11) is 3.39. The van der Waals surface area contributed by atoms with E-state index < -0.39 is 5.54 Å². The van der Waals surface area contributed by atoms with Crippen LogP contribution in [0.3, 0.4) is 0 Å². The second-order valence-electron chi connectivity index (χ2n) is 5.90. The number of ether oxygens (including phenoxy) is 1. The summed E-state index contributed by atoms with van der Waals surface area (Å²) in [6, 6.07) is 0.499. The molecule has 0 aliphatic heterocycles. The molecule has 1 heterocycles. The first kappa shape index (κ1) is 16.4. The topological polar surface area (TPSA) is 56.1 Å². The minimum atomic E-state index is -0.533. The molecule has 6 heteroatoms. The maximum Gasteiger partial charge on any atom is 0.325 e. The molecule has 0 spiro atoms. The van der Waals surface area contributed by atoms with Gasteiger partial charge in [-0.3, -0.25) is 14.8 Å². The summed E-state index contributed by atoms with van der Waals surface area (Å²) in [4.78, 5) is 13.2. The van der Waals surface area contributed by atoms with Gasteiger partial charge in [0.25, 0.3) is 0 Å². The molecule has 118 valence electrons.